The Morgan fingerprint density at radius 3 is 2.54 bits per heavy atom. The molecule has 1 radical (unpaired) electrons. The van der Waals surface area contributed by atoms with E-state index < -0.39 is 0 Å². The van der Waals surface area contributed by atoms with Crippen LogP contribution in [0, 0.1) is 6.92 Å². The van der Waals surface area contributed by atoms with Crippen molar-refractivity contribution in [1.29, 1.82) is 0 Å². The van der Waals surface area contributed by atoms with Gasteiger partial charge in [0.05, 0.1) is 5.69 Å². The van der Waals surface area contributed by atoms with E-state index in [1.165, 1.54) is 44.9 Å². The van der Waals surface area contributed by atoms with Crippen LogP contribution in [0.3, 0.4) is 0 Å². The summed E-state index contributed by atoms with van der Waals surface area (Å²) in [6.45, 7) is 13.0. The van der Waals surface area contributed by atoms with E-state index in [2.05, 4.69) is 80.9 Å². The predicted octanol–water partition coefficient (Wildman–Crippen LogP) is 6.01. The number of rotatable bonds is 3. The maximum Gasteiger partial charge on any atom is 0.0535 e. The Hall–Kier alpha value is -1.80. The molecule has 0 amide bonds. The Morgan fingerprint density at radius 1 is 1.04 bits per heavy atom. The van der Waals surface area contributed by atoms with E-state index in [4.69, 9.17) is 0 Å². The van der Waals surface area contributed by atoms with Crippen LogP contribution in [-0.4, -0.2) is 13.4 Å². The standard InChI is InChI=1S/C22H26NSi/c1-15-10-11-19-17(14-15)20-21(23(19)12-13-24(4)5)16-8-6-7-9-18(16)22(20,2)3/h6-11,14H,12-13H2,1-5H3. The highest BCUT2D eigenvalue weighted by atomic mass is 28.3. The summed E-state index contributed by atoms with van der Waals surface area (Å²) in [6, 6.07) is 17.3. The van der Waals surface area contributed by atoms with E-state index in [1.54, 1.807) is 0 Å². The third kappa shape index (κ3) is 2.12. The van der Waals surface area contributed by atoms with Gasteiger partial charge in [-0.25, -0.2) is 0 Å². The molecule has 2 heteroatoms. The van der Waals surface area contributed by atoms with Crippen molar-refractivity contribution in [3.8, 4) is 11.3 Å². The quantitative estimate of drug-likeness (QED) is 0.518. The minimum absolute atomic E-state index is 0.0788. The smallest absolute Gasteiger partial charge is 0.0535 e. The lowest BCUT2D eigenvalue weighted by molar-refractivity contribution is 0.665. The minimum Gasteiger partial charge on any atom is -0.341 e. The Kier molecular flexibility index (Phi) is 3.50. The second kappa shape index (κ2) is 5.35. The number of fused-ring (bicyclic) bond motifs is 5. The van der Waals surface area contributed by atoms with Crippen molar-refractivity contribution in [3.63, 3.8) is 0 Å². The normalized spacial score (nSPS) is 15.1. The third-order valence-electron chi connectivity index (χ3n) is 5.53. The van der Waals surface area contributed by atoms with E-state index in [0.717, 1.165) is 6.54 Å². The Morgan fingerprint density at radius 2 is 1.79 bits per heavy atom. The highest BCUT2D eigenvalue weighted by Gasteiger charge is 2.39. The lowest BCUT2D eigenvalue weighted by Crippen LogP contribution is -2.14. The van der Waals surface area contributed by atoms with Gasteiger partial charge in [0.15, 0.2) is 0 Å². The Balaban J connectivity index is 2.07. The number of aryl methyl sites for hydroxylation is 2. The largest absolute Gasteiger partial charge is 0.341 e. The van der Waals surface area contributed by atoms with Crippen LogP contribution in [-0.2, 0) is 12.0 Å². The summed E-state index contributed by atoms with van der Waals surface area (Å²) in [6.07, 6.45) is 0. The number of hydrogen-bond acceptors (Lipinski definition) is 0. The topological polar surface area (TPSA) is 4.93 Å². The Labute approximate surface area is 146 Å². The van der Waals surface area contributed by atoms with Gasteiger partial charge in [-0.3, -0.25) is 0 Å². The molecule has 123 valence electrons. The maximum absolute atomic E-state index is 2.61. The number of nitrogens with zero attached hydrogens (tertiary/aromatic N) is 1. The number of hydrogen-bond donors (Lipinski definition) is 0. The van der Waals surface area contributed by atoms with Crippen LogP contribution in [0.1, 0.15) is 30.5 Å². The van der Waals surface area contributed by atoms with Crippen molar-refractivity contribution < 1.29 is 0 Å². The molecule has 0 bridgehead atoms. The van der Waals surface area contributed by atoms with Gasteiger partial charge in [-0.05, 0) is 36.2 Å². The zero-order valence-electron chi connectivity index (χ0n) is 15.4. The van der Waals surface area contributed by atoms with Crippen molar-refractivity contribution in [1.82, 2.24) is 4.57 Å². The molecule has 1 aromatic heterocycles. The maximum atomic E-state index is 2.61. The zero-order valence-corrected chi connectivity index (χ0v) is 16.4. The molecule has 24 heavy (non-hydrogen) atoms. The van der Waals surface area contributed by atoms with Crippen LogP contribution in [0.25, 0.3) is 22.2 Å². The molecule has 2 aromatic carbocycles. The molecule has 1 heterocycles. The number of benzene rings is 2. The van der Waals surface area contributed by atoms with Gasteiger partial charge < -0.3 is 4.57 Å². The third-order valence-corrected chi connectivity index (χ3v) is 6.76. The number of aromatic nitrogens is 1. The molecule has 0 atom stereocenters. The molecular formula is C22H26NSi. The first-order valence-corrected chi connectivity index (χ1v) is 11.6. The molecule has 1 nitrogen and oxygen atoms in total. The van der Waals surface area contributed by atoms with E-state index >= 15 is 0 Å². The fraction of sp³-hybridized carbons (Fsp3) is 0.364. The van der Waals surface area contributed by atoms with Gasteiger partial charge in [-0.15, -0.1) is 0 Å². The van der Waals surface area contributed by atoms with Gasteiger partial charge in [-0.1, -0.05) is 62.8 Å². The summed E-state index contributed by atoms with van der Waals surface area (Å²) in [5, 5.41) is 1.45. The highest BCUT2D eigenvalue weighted by molar-refractivity contribution is 6.55. The molecule has 0 unspecified atom stereocenters. The van der Waals surface area contributed by atoms with Crippen LogP contribution < -0.4 is 0 Å². The summed E-state index contributed by atoms with van der Waals surface area (Å²) >= 11 is 0. The molecule has 0 N–H and O–H groups in total. The second-order valence-corrected chi connectivity index (χ2v) is 10.9. The summed E-state index contributed by atoms with van der Waals surface area (Å²) in [5.74, 6) is 0. The van der Waals surface area contributed by atoms with Crippen LogP contribution in [0.5, 0.6) is 0 Å². The molecule has 0 spiro atoms. The second-order valence-electron chi connectivity index (χ2n) is 8.02. The summed E-state index contributed by atoms with van der Waals surface area (Å²) in [5.41, 5.74) is 8.76. The molecule has 0 aliphatic heterocycles. The fourth-order valence-corrected chi connectivity index (χ4v) is 4.99. The van der Waals surface area contributed by atoms with Gasteiger partial charge in [-0.2, -0.15) is 0 Å². The molecule has 3 aromatic rings. The van der Waals surface area contributed by atoms with Crippen molar-refractivity contribution >= 4 is 19.7 Å². The zero-order chi connectivity index (χ0) is 17.1. The van der Waals surface area contributed by atoms with E-state index in [9.17, 15) is 0 Å². The van der Waals surface area contributed by atoms with Crippen molar-refractivity contribution in [3.05, 3.63) is 59.2 Å². The SMILES string of the molecule is Cc1ccc2c(c1)c1c(n2CC[Si](C)C)-c2ccccc2C1(C)C. The minimum atomic E-state index is -0.229. The van der Waals surface area contributed by atoms with Crippen molar-refractivity contribution in [2.75, 3.05) is 0 Å². The van der Waals surface area contributed by atoms with Crippen LogP contribution in [0.2, 0.25) is 19.1 Å². The lowest BCUT2D eigenvalue weighted by atomic mass is 9.81. The van der Waals surface area contributed by atoms with Gasteiger partial charge >= 0.3 is 0 Å². The average molecular weight is 333 g/mol. The molecule has 4 rings (SSSR count). The molecule has 1 aliphatic rings. The van der Waals surface area contributed by atoms with E-state index in [0.29, 0.717) is 0 Å². The molecule has 0 saturated heterocycles. The molecular weight excluding hydrogens is 306 g/mol. The average Bonchev–Trinajstić information content (AvgIpc) is 2.97. The van der Waals surface area contributed by atoms with Crippen molar-refractivity contribution in [2.24, 2.45) is 0 Å². The van der Waals surface area contributed by atoms with Gasteiger partial charge in [0.1, 0.15) is 0 Å². The summed E-state index contributed by atoms with van der Waals surface area (Å²) in [4.78, 5) is 0. The first-order valence-electron chi connectivity index (χ1n) is 8.93. The first-order chi connectivity index (χ1) is 11.4. The fourth-order valence-electron chi connectivity index (χ4n) is 4.32. The summed E-state index contributed by atoms with van der Waals surface area (Å²) < 4.78 is 2.61. The van der Waals surface area contributed by atoms with Gasteiger partial charge in [0, 0.05) is 37.2 Å². The molecule has 0 saturated carbocycles. The predicted molar refractivity (Wildman–Crippen MR) is 107 cm³/mol. The van der Waals surface area contributed by atoms with E-state index in [-0.39, 0.29) is 14.2 Å². The van der Waals surface area contributed by atoms with Gasteiger partial charge in [0.2, 0.25) is 0 Å². The monoisotopic (exact) mass is 332 g/mol. The van der Waals surface area contributed by atoms with Crippen LogP contribution in [0.4, 0.5) is 0 Å². The van der Waals surface area contributed by atoms with E-state index in [1.807, 2.05) is 0 Å². The first kappa shape index (κ1) is 15.7. The summed E-state index contributed by atoms with van der Waals surface area (Å²) in [7, 11) is -0.229. The highest BCUT2D eigenvalue weighted by Crippen LogP contribution is 2.52. The van der Waals surface area contributed by atoms with Crippen LogP contribution >= 0.6 is 0 Å². The lowest BCUT2D eigenvalue weighted by Gasteiger charge is -2.21. The molecule has 1 aliphatic carbocycles. The Bertz CT molecular complexity index is 931. The van der Waals surface area contributed by atoms with Crippen molar-refractivity contribution in [2.45, 2.75) is 51.9 Å². The molecule has 0 fully saturated rings. The van der Waals surface area contributed by atoms with Gasteiger partial charge in [0.25, 0.3) is 0 Å². The van der Waals surface area contributed by atoms with Crippen LogP contribution in [0.15, 0.2) is 42.5 Å².